The van der Waals surface area contributed by atoms with E-state index < -0.39 is 0 Å². The molecule has 3 aromatic rings. The van der Waals surface area contributed by atoms with E-state index in [1.54, 1.807) is 7.11 Å². The van der Waals surface area contributed by atoms with E-state index in [2.05, 4.69) is 15.0 Å². The van der Waals surface area contributed by atoms with E-state index in [9.17, 15) is 0 Å². The van der Waals surface area contributed by atoms with E-state index in [1.807, 2.05) is 23.6 Å². The van der Waals surface area contributed by atoms with Crippen molar-refractivity contribution in [2.24, 2.45) is 0 Å². The predicted molar refractivity (Wildman–Crippen MR) is 71.8 cm³/mol. The molecule has 7 heteroatoms. The summed E-state index contributed by atoms with van der Waals surface area (Å²) in [4.78, 5) is 11.3. The molecule has 0 spiro atoms. The highest BCUT2D eigenvalue weighted by Crippen LogP contribution is 2.21. The van der Waals surface area contributed by atoms with Crippen molar-refractivity contribution < 1.29 is 9.15 Å². The first-order valence-electron chi connectivity index (χ1n) is 5.72. The molecule has 3 aromatic heterocycles. The zero-order valence-electron chi connectivity index (χ0n) is 10.5. The zero-order chi connectivity index (χ0) is 13.4. The number of nitrogens with zero attached hydrogens (tertiary/aromatic N) is 3. The van der Waals surface area contributed by atoms with E-state index in [-0.39, 0.29) is 0 Å². The van der Waals surface area contributed by atoms with Crippen LogP contribution in [0.5, 0.6) is 5.88 Å². The number of aryl methyl sites for hydroxylation is 1. The number of imidazole rings is 1. The minimum Gasteiger partial charge on any atom is -0.479 e. The number of ether oxygens (including phenoxy) is 1. The van der Waals surface area contributed by atoms with E-state index in [0.29, 0.717) is 28.4 Å². The number of fused-ring (bicyclic) bond motifs is 1. The van der Waals surface area contributed by atoms with Gasteiger partial charge in [0, 0.05) is 0 Å². The lowest BCUT2D eigenvalue weighted by atomic mass is 10.4. The molecule has 3 rings (SSSR count). The molecule has 0 unspecified atom stereocenters. The van der Waals surface area contributed by atoms with E-state index in [1.165, 1.54) is 6.33 Å². The summed E-state index contributed by atoms with van der Waals surface area (Å²) in [5.74, 6) is 2.17. The first kappa shape index (κ1) is 11.9. The number of furan rings is 1. The Balaban J connectivity index is 2.13. The van der Waals surface area contributed by atoms with Gasteiger partial charge in [0.2, 0.25) is 5.88 Å². The fourth-order valence-corrected chi connectivity index (χ4v) is 2.23. The number of rotatable bonds is 3. The Bertz CT molecular complexity index is 786. The number of nitrogens with one attached hydrogen (secondary N) is 1. The van der Waals surface area contributed by atoms with Gasteiger partial charge in [-0.15, -0.1) is 0 Å². The van der Waals surface area contributed by atoms with Crippen LogP contribution in [0.25, 0.3) is 11.2 Å². The monoisotopic (exact) mass is 276 g/mol. The smallest absolute Gasteiger partial charge is 0.242 e. The van der Waals surface area contributed by atoms with Gasteiger partial charge >= 0.3 is 0 Å². The average Bonchev–Trinajstić information content (AvgIpc) is 2.94. The van der Waals surface area contributed by atoms with Crippen LogP contribution in [0.2, 0.25) is 0 Å². The van der Waals surface area contributed by atoms with Gasteiger partial charge in [-0.3, -0.25) is 4.57 Å². The standard InChI is InChI=1S/C12H12N4O2S/c1-7-3-4-8(18-7)5-16-10-9(15-12(16)19)11(17-2)14-6-13-10/h3-4,6H,5H2,1-2H3,(H,15,19). The highest BCUT2D eigenvalue weighted by atomic mass is 32.1. The molecule has 0 fully saturated rings. The van der Waals surface area contributed by atoms with Crippen LogP contribution < -0.4 is 4.74 Å². The molecule has 0 aromatic carbocycles. The van der Waals surface area contributed by atoms with Gasteiger partial charge in [-0.05, 0) is 31.3 Å². The fraction of sp³-hybridized carbons (Fsp3) is 0.250. The highest BCUT2D eigenvalue weighted by molar-refractivity contribution is 7.71. The second-order valence-electron chi connectivity index (χ2n) is 4.11. The second-order valence-corrected chi connectivity index (χ2v) is 4.50. The van der Waals surface area contributed by atoms with Crippen LogP contribution in [0.15, 0.2) is 22.9 Å². The van der Waals surface area contributed by atoms with Crippen molar-refractivity contribution in [2.45, 2.75) is 13.5 Å². The maximum absolute atomic E-state index is 5.56. The number of H-pyrrole nitrogens is 1. The molecule has 0 aliphatic heterocycles. The van der Waals surface area contributed by atoms with Crippen LogP contribution in [0.4, 0.5) is 0 Å². The minimum absolute atomic E-state index is 0.477. The lowest BCUT2D eigenvalue weighted by Gasteiger charge is -2.02. The van der Waals surface area contributed by atoms with Gasteiger partial charge in [-0.25, -0.2) is 4.98 Å². The number of aromatic amines is 1. The second kappa shape index (κ2) is 4.51. The van der Waals surface area contributed by atoms with E-state index >= 15 is 0 Å². The molecule has 0 aliphatic rings. The summed E-state index contributed by atoms with van der Waals surface area (Å²) in [6.45, 7) is 2.43. The molecule has 98 valence electrons. The quantitative estimate of drug-likeness (QED) is 0.744. The maximum Gasteiger partial charge on any atom is 0.242 e. The van der Waals surface area contributed by atoms with Crippen molar-refractivity contribution in [1.82, 2.24) is 19.5 Å². The van der Waals surface area contributed by atoms with Gasteiger partial charge in [-0.1, -0.05) is 0 Å². The third kappa shape index (κ3) is 2.01. The Morgan fingerprint density at radius 1 is 1.42 bits per heavy atom. The van der Waals surface area contributed by atoms with Crippen molar-refractivity contribution in [3.8, 4) is 5.88 Å². The lowest BCUT2D eigenvalue weighted by molar-refractivity contribution is 0.401. The first-order chi connectivity index (χ1) is 9.19. The molecule has 0 bridgehead atoms. The molecule has 1 N–H and O–H groups in total. The Hall–Kier alpha value is -2.15. The summed E-state index contributed by atoms with van der Waals surface area (Å²) in [5, 5.41) is 0. The zero-order valence-corrected chi connectivity index (χ0v) is 11.3. The van der Waals surface area contributed by atoms with Gasteiger partial charge in [0.1, 0.15) is 23.4 Å². The summed E-state index contributed by atoms with van der Waals surface area (Å²) < 4.78 is 13.2. The van der Waals surface area contributed by atoms with Crippen LogP contribution in [-0.2, 0) is 6.54 Å². The topological polar surface area (TPSA) is 68.9 Å². The molecule has 0 aliphatic carbocycles. The highest BCUT2D eigenvalue weighted by Gasteiger charge is 2.12. The molecule has 0 saturated heterocycles. The van der Waals surface area contributed by atoms with Crippen LogP contribution in [0.3, 0.4) is 0 Å². The van der Waals surface area contributed by atoms with Gasteiger partial charge in [0.25, 0.3) is 0 Å². The third-order valence-electron chi connectivity index (χ3n) is 2.83. The van der Waals surface area contributed by atoms with Crippen molar-refractivity contribution in [2.75, 3.05) is 7.11 Å². The Morgan fingerprint density at radius 2 is 2.26 bits per heavy atom. The van der Waals surface area contributed by atoms with Gasteiger partial charge in [0.05, 0.1) is 13.7 Å². The van der Waals surface area contributed by atoms with Crippen LogP contribution in [0, 0.1) is 11.7 Å². The summed E-state index contributed by atoms with van der Waals surface area (Å²) >= 11 is 5.31. The lowest BCUT2D eigenvalue weighted by Crippen LogP contribution is -2.00. The molecule has 3 heterocycles. The molecule has 19 heavy (non-hydrogen) atoms. The first-order valence-corrected chi connectivity index (χ1v) is 6.12. The van der Waals surface area contributed by atoms with Gasteiger partial charge in [-0.2, -0.15) is 4.98 Å². The van der Waals surface area contributed by atoms with E-state index in [0.717, 1.165) is 11.5 Å². The molecule has 0 saturated carbocycles. The fourth-order valence-electron chi connectivity index (χ4n) is 1.97. The number of hydrogen-bond acceptors (Lipinski definition) is 5. The van der Waals surface area contributed by atoms with Crippen molar-refractivity contribution in [3.05, 3.63) is 34.8 Å². The minimum atomic E-state index is 0.477. The van der Waals surface area contributed by atoms with Crippen LogP contribution >= 0.6 is 12.2 Å². The summed E-state index contributed by atoms with van der Waals surface area (Å²) in [6.07, 6.45) is 1.45. The van der Waals surface area contributed by atoms with Crippen LogP contribution in [-0.4, -0.2) is 26.6 Å². The number of hydrogen-bond donors (Lipinski definition) is 1. The number of methoxy groups -OCH3 is 1. The Labute approximate surface area is 114 Å². The average molecular weight is 276 g/mol. The summed E-state index contributed by atoms with van der Waals surface area (Å²) in [6, 6.07) is 3.84. The third-order valence-corrected chi connectivity index (χ3v) is 3.15. The predicted octanol–water partition coefficient (Wildman–Crippen LogP) is 2.45. The van der Waals surface area contributed by atoms with Crippen molar-refractivity contribution in [3.63, 3.8) is 0 Å². The van der Waals surface area contributed by atoms with E-state index in [4.69, 9.17) is 21.4 Å². The van der Waals surface area contributed by atoms with Gasteiger partial charge < -0.3 is 14.1 Å². The Kier molecular flexibility index (Phi) is 2.83. The summed E-state index contributed by atoms with van der Waals surface area (Å²) in [7, 11) is 1.56. The maximum atomic E-state index is 5.56. The molecular weight excluding hydrogens is 264 g/mol. The molecule has 0 radical (unpaired) electrons. The Morgan fingerprint density at radius 3 is 2.95 bits per heavy atom. The molecular formula is C12H12N4O2S. The molecule has 0 amide bonds. The number of aromatic nitrogens is 4. The van der Waals surface area contributed by atoms with Crippen LogP contribution in [0.1, 0.15) is 11.5 Å². The van der Waals surface area contributed by atoms with Gasteiger partial charge in [0.15, 0.2) is 10.4 Å². The largest absolute Gasteiger partial charge is 0.479 e. The normalized spacial score (nSPS) is 11.1. The van der Waals surface area contributed by atoms with Crippen molar-refractivity contribution in [1.29, 1.82) is 0 Å². The molecule has 0 atom stereocenters. The van der Waals surface area contributed by atoms with Crippen molar-refractivity contribution >= 4 is 23.4 Å². The SMILES string of the molecule is COc1ncnc2c1[nH]c(=S)n2Cc1ccc(C)o1. The summed E-state index contributed by atoms with van der Waals surface area (Å²) in [5.41, 5.74) is 1.39. The molecule has 6 nitrogen and oxygen atoms in total.